The zero-order chi connectivity index (χ0) is 18.4. The van der Waals surface area contributed by atoms with Crippen LogP contribution in [0.2, 0.25) is 0 Å². The molecule has 11 rings (SSSR count). The van der Waals surface area contributed by atoms with Crippen LogP contribution in [0.25, 0.3) is 0 Å². The summed E-state index contributed by atoms with van der Waals surface area (Å²) < 4.78 is 0. The third-order valence-electron chi connectivity index (χ3n) is 11.8. The van der Waals surface area contributed by atoms with E-state index in [9.17, 15) is 9.59 Å². The van der Waals surface area contributed by atoms with E-state index in [1.54, 1.807) is 17.7 Å². The van der Waals surface area contributed by atoms with Gasteiger partial charge >= 0.3 is 0 Å². The zero-order valence-electron chi connectivity index (χ0n) is 16.7. The van der Waals surface area contributed by atoms with E-state index in [4.69, 9.17) is 0 Å². The fourth-order valence-corrected chi connectivity index (χ4v) is 12.1. The Morgan fingerprint density at radius 2 is 1.64 bits per heavy atom. The second-order valence-corrected chi connectivity index (χ2v) is 12.4. The monoisotopic (exact) mass is 380 g/mol. The highest BCUT2D eigenvalue weighted by atomic mass is 16.2. The molecule has 1 spiro atoms. The lowest BCUT2D eigenvalue weighted by Crippen LogP contribution is -2.81. The van der Waals surface area contributed by atoms with Crippen LogP contribution in [0.3, 0.4) is 0 Å². The van der Waals surface area contributed by atoms with Crippen LogP contribution in [-0.4, -0.2) is 35.3 Å². The molecule has 1 heterocycles. The topological polar surface area (TPSA) is 49.4 Å². The Morgan fingerprint density at radius 1 is 0.929 bits per heavy atom. The van der Waals surface area contributed by atoms with E-state index in [0.29, 0.717) is 5.41 Å². The summed E-state index contributed by atoms with van der Waals surface area (Å²) in [6.45, 7) is 0.752. The molecule has 11 bridgehead atoms. The summed E-state index contributed by atoms with van der Waals surface area (Å²) in [7, 11) is 0. The Labute approximate surface area is 167 Å². The van der Waals surface area contributed by atoms with E-state index in [1.807, 2.05) is 0 Å². The maximum Gasteiger partial charge on any atom is 0.243 e. The molecule has 150 valence electrons. The lowest BCUT2D eigenvalue weighted by Gasteiger charge is -2.84. The molecule has 2 amide bonds. The predicted octanol–water partition coefficient (Wildman–Crippen LogP) is 2.82. The van der Waals surface area contributed by atoms with Crippen molar-refractivity contribution in [3.63, 3.8) is 0 Å². The number of nitrogens with zero attached hydrogens (tertiary/aromatic N) is 1. The molecular weight excluding hydrogens is 348 g/mol. The van der Waals surface area contributed by atoms with Gasteiger partial charge in [-0.25, -0.2) is 0 Å². The minimum atomic E-state index is -0.205. The van der Waals surface area contributed by atoms with Crippen LogP contribution in [0.5, 0.6) is 0 Å². The van der Waals surface area contributed by atoms with Gasteiger partial charge in [0.15, 0.2) is 0 Å². The second kappa shape index (κ2) is 4.64. The molecule has 1 saturated heterocycles. The summed E-state index contributed by atoms with van der Waals surface area (Å²) in [6.07, 6.45) is 12.6. The highest BCUT2D eigenvalue weighted by molar-refractivity contribution is 5.84. The Balaban J connectivity index is 1.18. The van der Waals surface area contributed by atoms with Crippen molar-refractivity contribution in [1.82, 2.24) is 10.2 Å². The summed E-state index contributed by atoms with van der Waals surface area (Å²) in [5, 5.41) is 3.65. The Bertz CT molecular complexity index is 761. The summed E-state index contributed by atoms with van der Waals surface area (Å²) in [5.74, 6) is 9.13. The van der Waals surface area contributed by atoms with Crippen molar-refractivity contribution in [2.75, 3.05) is 6.54 Å². The molecule has 0 aromatic heterocycles. The largest absolute Gasteiger partial charge is 0.349 e. The summed E-state index contributed by atoms with van der Waals surface area (Å²) in [4.78, 5) is 26.4. The van der Waals surface area contributed by atoms with Crippen molar-refractivity contribution in [3.8, 4) is 0 Å². The lowest BCUT2D eigenvalue weighted by molar-refractivity contribution is -0.352. The van der Waals surface area contributed by atoms with Gasteiger partial charge in [0.05, 0.1) is 0 Å². The first-order chi connectivity index (χ1) is 13.6. The van der Waals surface area contributed by atoms with Gasteiger partial charge in [-0.15, -0.1) is 0 Å². The van der Waals surface area contributed by atoms with Crippen molar-refractivity contribution in [1.29, 1.82) is 0 Å². The molecule has 11 fully saturated rings. The molecular formula is C24H32N2O2. The molecule has 10 saturated carbocycles. The van der Waals surface area contributed by atoms with Crippen LogP contribution in [0.4, 0.5) is 0 Å². The predicted molar refractivity (Wildman–Crippen MR) is 103 cm³/mol. The average molecular weight is 381 g/mol. The fraction of sp³-hybridized carbons (Fsp3) is 0.917. The number of nitrogens with one attached hydrogen (secondary N) is 1. The van der Waals surface area contributed by atoms with Crippen LogP contribution in [0, 0.1) is 58.7 Å². The Morgan fingerprint density at radius 3 is 2.36 bits per heavy atom. The molecule has 0 radical (unpaired) electrons. The molecule has 4 nitrogen and oxygen atoms in total. The average Bonchev–Trinajstić information content (AvgIpc) is 3.15. The van der Waals surface area contributed by atoms with Crippen molar-refractivity contribution in [2.24, 2.45) is 58.7 Å². The second-order valence-electron chi connectivity index (χ2n) is 12.4. The standard InChI is InChI=1S/C24H32N2O2/c27-11-26-3-1-2-19(26)22(28)25-23-8-17-14-6-13-15-4-12-5-16(13)21(18(14)9-23)24(7-12,10-23)20(15)17/h11-21H,1-10H2,(H,25,28)/t12?,13?,14?,15?,16?,17?,18?,19-,20?,21?,23?,24?/m0/s1. The van der Waals surface area contributed by atoms with E-state index >= 15 is 0 Å². The minimum absolute atomic E-state index is 0.0611. The Kier molecular flexibility index (Phi) is 2.61. The van der Waals surface area contributed by atoms with Gasteiger partial charge in [0.25, 0.3) is 0 Å². The number of likely N-dealkylation sites (tertiary alicyclic amines) is 1. The molecule has 0 aromatic rings. The molecule has 1 N–H and O–H groups in total. The van der Waals surface area contributed by atoms with Gasteiger partial charge in [-0.2, -0.15) is 0 Å². The highest BCUT2D eigenvalue weighted by Crippen LogP contribution is 2.85. The van der Waals surface area contributed by atoms with Gasteiger partial charge in [0, 0.05) is 12.1 Å². The smallest absolute Gasteiger partial charge is 0.243 e. The molecule has 28 heavy (non-hydrogen) atoms. The van der Waals surface area contributed by atoms with E-state index in [2.05, 4.69) is 5.32 Å². The number of hydrogen-bond donors (Lipinski definition) is 1. The zero-order valence-corrected chi connectivity index (χ0v) is 16.7. The van der Waals surface area contributed by atoms with Crippen molar-refractivity contribution >= 4 is 12.3 Å². The van der Waals surface area contributed by atoms with E-state index in [1.165, 1.54) is 32.1 Å². The molecule has 0 aromatic carbocycles. The quantitative estimate of drug-likeness (QED) is 0.766. The molecule has 4 heteroatoms. The summed E-state index contributed by atoms with van der Waals surface area (Å²) in [5.41, 5.74) is 0.647. The van der Waals surface area contributed by atoms with Gasteiger partial charge in [0.1, 0.15) is 6.04 Å². The molecule has 7 atom stereocenters. The van der Waals surface area contributed by atoms with Crippen molar-refractivity contribution < 1.29 is 9.59 Å². The molecule has 10 aliphatic carbocycles. The third kappa shape index (κ3) is 1.52. The van der Waals surface area contributed by atoms with Crippen molar-refractivity contribution in [2.45, 2.75) is 69.4 Å². The van der Waals surface area contributed by atoms with Crippen LogP contribution < -0.4 is 5.32 Å². The van der Waals surface area contributed by atoms with Crippen LogP contribution in [0.1, 0.15) is 57.8 Å². The number of carbonyl (C=O) groups excluding carboxylic acids is 2. The van der Waals surface area contributed by atoms with Gasteiger partial charge in [-0.1, -0.05) is 0 Å². The van der Waals surface area contributed by atoms with Crippen LogP contribution >= 0.6 is 0 Å². The number of rotatable bonds is 3. The van der Waals surface area contributed by atoms with Crippen LogP contribution in [0.15, 0.2) is 0 Å². The Hall–Kier alpha value is -1.06. The minimum Gasteiger partial charge on any atom is -0.349 e. The van der Waals surface area contributed by atoms with Gasteiger partial charge in [-0.3, -0.25) is 9.59 Å². The number of amides is 2. The summed E-state index contributed by atoms with van der Waals surface area (Å²) >= 11 is 0. The molecule has 1 aliphatic heterocycles. The maximum atomic E-state index is 13.3. The first-order valence-corrected chi connectivity index (χ1v) is 12.2. The highest BCUT2D eigenvalue weighted by Gasteiger charge is 2.80. The summed E-state index contributed by atoms with van der Waals surface area (Å²) in [6, 6.07) is -0.205. The van der Waals surface area contributed by atoms with Gasteiger partial charge < -0.3 is 10.2 Å². The first kappa shape index (κ1) is 15.7. The van der Waals surface area contributed by atoms with E-state index in [0.717, 1.165) is 79.1 Å². The van der Waals surface area contributed by atoms with Crippen molar-refractivity contribution in [3.05, 3.63) is 0 Å². The van der Waals surface area contributed by atoms with E-state index < -0.39 is 0 Å². The normalized spacial score (nSPS) is 63.5. The SMILES string of the molecule is O=CN1CCC[C@H]1C(=O)NC12CC3C4CC5C6CC7CC5C(C4C1)C(C7)(C2)C63. The fourth-order valence-electron chi connectivity index (χ4n) is 12.1. The lowest BCUT2D eigenvalue weighted by atomic mass is 9.21. The molecule has 6 unspecified atom stereocenters. The van der Waals surface area contributed by atoms with Gasteiger partial charge in [-0.05, 0) is 116 Å². The van der Waals surface area contributed by atoms with Gasteiger partial charge in [0.2, 0.25) is 12.3 Å². The maximum absolute atomic E-state index is 13.3. The number of carbonyl (C=O) groups is 2. The number of hydrogen-bond acceptors (Lipinski definition) is 2. The first-order valence-electron chi connectivity index (χ1n) is 12.2. The molecule has 11 aliphatic rings. The van der Waals surface area contributed by atoms with E-state index in [-0.39, 0.29) is 17.5 Å². The van der Waals surface area contributed by atoms with Crippen LogP contribution in [-0.2, 0) is 9.59 Å². The third-order valence-corrected chi connectivity index (χ3v) is 11.8.